The second-order valence-corrected chi connectivity index (χ2v) is 5.08. The van der Waals surface area contributed by atoms with E-state index in [1.807, 2.05) is 6.07 Å². The molecule has 1 N–H and O–H groups in total. The van der Waals surface area contributed by atoms with Gasteiger partial charge < -0.3 is 5.32 Å². The maximum absolute atomic E-state index is 13.7. The van der Waals surface area contributed by atoms with Crippen LogP contribution < -0.4 is 5.32 Å². The van der Waals surface area contributed by atoms with E-state index in [0.717, 1.165) is 29.7 Å². The molecule has 0 amide bonds. The molecule has 0 aromatic heterocycles. The second kappa shape index (κ2) is 5.25. The van der Waals surface area contributed by atoms with Gasteiger partial charge in [-0.3, -0.25) is 4.90 Å². The van der Waals surface area contributed by atoms with Crippen molar-refractivity contribution in [3.05, 3.63) is 34.1 Å². The van der Waals surface area contributed by atoms with Crippen molar-refractivity contribution in [1.29, 1.82) is 0 Å². The SMILES string of the molecule is C[C@@H]1CNCCN1Cc1c(F)cccc1Br. The van der Waals surface area contributed by atoms with E-state index in [0.29, 0.717) is 12.6 Å². The molecule has 2 rings (SSSR count). The van der Waals surface area contributed by atoms with Crippen molar-refractivity contribution in [1.82, 2.24) is 10.2 Å². The number of benzene rings is 1. The molecule has 0 spiro atoms. The molecule has 1 aromatic carbocycles. The van der Waals surface area contributed by atoms with Gasteiger partial charge in [0, 0.05) is 42.3 Å². The number of nitrogens with one attached hydrogen (secondary N) is 1. The molecule has 0 unspecified atom stereocenters. The number of piperazine rings is 1. The predicted molar refractivity (Wildman–Crippen MR) is 66.8 cm³/mol. The Hall–Kier alpha value is -0.450. The van der Waals surface area contributed by atoms with Crippen LogP contribution in [0.2, 0.25) is 0 Å². The molecule has 1 aliphatic heterocycles. The quantitative estimate of drug-likeness (QED) is 0.898. The molecule has 1 saturated heterocycles. The van der Waals surface area contributed by atoms with Crippen LogP contribution in [0.1, 0.15) is 12.5 Å². The van der Waals surface area contributed by atoms with Gasteiger partial charge in [0.15, 0.2) is 0 Å². The summed E-state index contributed by atoms with van der Waals surface area (Å²) in [6.45, 7) is 5.78. The second-order valence-electron chi connectivity index (χ2n) is 4.22. The van der Waals surface area contributed by atoms with Crippen molar-refractivity contribution in [2.24, 2.45) is 0 Å². The summed E-state index contributed by atoms with van der Waals surface area (Å²) in [6.07, 6.45) is 0. The zero-order valence-electron chi connectivity index (χ0n) is 9.34. The van der Waals surface area contributed by atoms with Gasteiger partial charge in [-0.1, -0.05) is 22.0 Å². The molecule has 1 aromatic rings. The molecule has 0 saturated carbocycles. The van der Waals surface area contributed by atoms with Gasteiger partial charge in [-0.15, -0.1) is 0 Å². The largest absolute Gasteiger partial charge is 0.314 e. The highest BCUT2D eigenvalue weighted by molar-refractivity contribution is 9.10. The third kappa shape index (κ3) is 2.62. The molecule has 0 bridgehead atoms. The minimum absolute atomic E-state index is 0.125. The van der Waals surface area contributed by atoms with E-state index in [-0.39, 0.29) is 5.82 Å². The standard InChI is InChI=1S/C12H16BrFN2/c1-9-7-15-5-6-16(9)8-10-11(13)3-2-4-12(10)14/h2-4,9,15H,5-8H2,1H3/t9-/m1/s1. The Morgan fingerprint density at radius 2 is 2.38 bits per heavy atom. The van der Waals surface area contributed by atoms with Crippen LogP contribution in [-0.4, -0.2) is 30.6 Å². The summed E-state index contributed by atoms with van der Waals surface area (Å²) in [5.74, 6) is -0.125. The molecule has 1 aliphatic rings. The Morgan fingerprint density at radius 1 is 1.56 bits per heavy atom. The molecular formula is C12H16BrFN2. The normalized spacial score (nSPS) is 22.3. The molecule has 1 fully saturated rings. The van der Waals surface area contributed by atoms with Crippen LogP contribution in [0.3, 0.4) is 0 Å². The molecule has 2 nitrogen and oxygen atoms in total. The highest BCUT2D eigenvalue weighted by atomic mass is 79.9. The van der Waals surface area contributed by atoms with Crippen LogP contribution in [-0.2, 0) is 6.54 Å². The Balaban J connectivity index is 2.13. The number of halogens is 2. The van der Waals surface area contributed by atoms with Gasteiger partial charge in [0.05, 0.1) is 0 Å². The van der Waals surface area contributed by atoms with Crippen molar-refractivity contribution in [2.75, 3.05) is 19.6 Å². The van der Waals surface area contributed by atoms with E-state index in [2.05, 4.69) is 33.1 Å². The summed E-state index contributed by atoms with van der Waals surface area (Å²) in [5, 5.41) is 3.33. The number of nitrogens with zero attached hydrogens (tertiary/aromatic N) is 1. The first-order chi connectivity index (χ1) is 7.68. The van der Waals surface area contributed by atoms with Gasteiger partial charge in [0.2, 0.25) is 0 Å². The van der Waals surface area contributed by atoms with Gasteiger partial charge in [-0.2, -0.15) is 0 Å². The molecule has 4 heteroatoms. The number of rotatable bonds is 2. The molecule has 0 aliphatic carbocycles. The molecular weight excluding hydrogens is 271 g/mol. The van der Waals surface area contributed by atoms with Crippen molar-refractivity contribution in [3.8, 4) is 0 Å². The summed E-state index contributed by atoms with van der Waals surface area (Å²) < 4.78 is 14.5. The fourth-order valence-corrected chi connectivity index (χ4v) is 2.47. The first-order valence-electron chi connectivity index (χ1n) is 5.56. The van der Waals surface area contributed by atoms with Crippen molar-refractivity contribution < 1.29 is 4.39 Å². The van der Waals surface area contributed by atoms with E-state index >= 15 is 0 Å². The lowest BCUT2D eigenvalue weighted by molar-refractivity contribution is 0.163. The first-order valence-corrected chi connectivity index (χ1v) is 6.35. The van der Waals surface area contributed by atoms with E-state index in [1.165, 1.54) is 6.07 Å². The summed E-state index contributed by atoms with van der Waals surface area (Å²) in [5.41, 5.74) is 0.760. The lowest BCUT2D eigenvalue weighted by Gasteiger charge is -2.34. The van der Waals surface area contributed by atoms with E-state index in [4.69, 9.17) is 0 Å². The fourth-order valence-electron chi connectivity index (χ4n) is 2.00. The smallest absolute Gasteiger partial charge is 0.128 e. The van der Waals surface area contributed by atoms with Crippen LogP contribution in [0.25, 0.3) is 0 Å². The number of hydrogen-bond acceptors (Lipinski definition) is 2. The monoisotopic (exact) mass is 286 g/mol. The zero-order valence-corrected chi connectivity index (χ0v) is 10.9. The molecule has 1 atom stereocenters. The number of hydrogen-bond donors (Lipinski definition) is 1. The van der Waals surface area contributed by atoms with Crippen LogP contribution in [0, 0.1) is 5.82 Å². The Labute approximate surface area is 104 Å². The summed E-state index contributed by atoms with van der Waals surface area (Å²) >= 11 is 3.41. The Kier molecular flexibility index (Phi) is 3.95. The lowest BCUT2D eigenvalue weighted by atomic mass is 10.1. The van der Waals surface area contributed by atoms with Crippen LogP contribution in [0.5, 0.6) is 0 Å². The molecule has 0 radical (unpaired) electrons. The van der Waals surface area contributed by atoms with Crippen molar-refractivity contribution in [3.63, 3.8) is 0 Å². The van der Waals surface area contributed by atoms with E-state index in [9.17, 15) is 4.39 Å². The fraction of sp³-hybridized carbons (Fsp3) is 0.500. The van der Waals surface area contributed by atoms with E-state index in [1.54, 1.807) is 6.07 Å². The van der Waals surface area contributed by atoms with Gasteiger partial charge >= 0.3 is 0 Å². The van der Waals surface area contributed by atoms with Gasteiger partial charge in [-0.25, -0.2) is 4.39 Å². The highest BCUT2D eigenvalue weighted by Gasteiger charge is 2.20. The van der Waals surface area contributed by atoms with Gasteiger partial charge in [-0.05, 0) is 19.1 Å². The maximum Gasteiger partial charge on any atom is 0.128 e. The molecule has 1 heterocycles. The average molecular weight is 287 g/mol. The Morgan fingerprint density at radius 3 is 3.06 bits per heavy atom. The summed E-state index contributed by atoms with van der Waals surface area (Å²) in [7, 11) is 0. The summed E-state index contributed by atoms with van der Waals surface area (Å²) in [6, 6.07) is 5.60. The van der Waals surface area contributed by atoms with Crippen LogP contribution >= 0.6 is 15.9 Å². The predicted octanol–water partition coefficient (Wildman–Crippen LogP) is 2.38. The lowest BCUT2D eigenvalue weighted by Crippen LogP contribution is -2.49. The van der Waals surface area contributed by atoms with Crippen LogP contribution in [0.15, 0.2) is 22.7 Å². The van der Waals surface area contributed by atoms with Crippen molar-refractivity contribution >= 4 is 15.9 Å². The topological polar surface area (TPSA) is 15.3 Å². The van der Waals surface area contributed by atoms with Gasteiger partial charge in [0.1, 0.15) is 5.82 Å². The third-order valence-electron chi connectivity index (χ3n) is 3.06. The van der Waals surface area contributed by atoms with Gasteiger partial charge in [0.25, 0.3) is 0 Å². The maximum atomic E-state index is 13.7. The third-order valence-corrected chi connectivity index (χ3v) is 3.80. The molecule has 88 valence electrons. The molecule has 16 heavy (non-hydrogen) atoms. The van der Waals surface area contributed by atoms with Crippen molar-refractivity contribution in [2.45, 2.75) is 19.5 Å². The first kappa shape index (κ1) is 12.0. The minimum atomic E-state index is -0.125. The zero-order chi connectivity index (χ0) is 11.5. The van der Waals surface area contributed by atoms with Crippen LogP contribution in [0.4, 0.5) is 4.39 Å². The minimum Gasteiger partial charge on any atom is -0.314 e. The highest BCUT2D eigenvalue weighted by Crippen LogP contribution is 2.22. The summed E-state index contributed by atoms with van der Waals surface area (Å²) in [4.78, 5) is 2.31. The Bertz CT molecular complexity index is 350. The average Bonchev–Trinajstić information content (AvgIpc) is 2.26. The van der Waals surface area contributed by atoms with E-state index < -0.39 is 0 Å².